The van der Waals surface area contributed by atoms with Gasteiger partial charge in [0.2, 0.25) is 5.91 Å². The molecule has 1 saturated heterocycles. The number of non-ortho nitro benzene ring substituents is 1. The lowest BCUT2D eigenvalue weighted by atomic mass is 9.78. The van der Waals surface area contributed by atoms with E-state index >= 15 is 0 Å². The number of piperidine rings is 1. The Kier molecular flexibility index (Phi) is 4.46. The quantitative estimate of drug-likeness (QED) is 0.625. The van der Waals surface area contributed by atoms with E-state index in [1.165, 1.54) is 44.6 Å². The number of hydrogen-bond donors (Lipinski definition) is 0. The van der Waals surface area contributed by atoms with Gasteiger partial charge in [-0.25, -0.2) is 0 Å². The first-order valence-electron chi connectivity index (χ1n) is 9.45. The molecule has 1 aliphatic carbocycles. The van der Waals surface area contributed by atoms with Crippen molar-refractivity contribution in [3.8, 4) is 0 Å². The first-order chi connectivity index (χ1) is 12.1. The molecule has 0 radical (unpaired) electrons. The minimum absolute atomic E-state index is 0.0590. The zero-order valence-corrected chi connectivity index (χ0v) is 14.5. The Morgan fingerprint density at radius 1 is 1.16 bits per heavy atom. The van der Waals surface area contributed by atoms with E-state index in [-0.39, 0.29) is 11.6 Å². The predicted molar refractivity (Wildman–Crippen MR) is 95.7 cm³/mol. The Morgan fingerprint density at radius 2 is 1.96 bits per heavy atom. The summed E-state index contributed by atoms with van der Waals surface area (Å²) in [5.41, 5.74) is 1.83. The maximum Gasteiger partial charge on any atom is 0.271 e. The maximum atomic E-state index is 12.9. The number of benzene rings is 1. The molecule has 6 nitrogen and oxygen atoms in total. The molecule has 1 aromatic carbocycles. The fraction of sp³-hybridized carbons (Fsp3) is 0.632. The highest BCUT2D eigenvalue weighted by Gasteiger charge is 2.35. The lowest BCUT2D eigenvalue weighted by molar-refractivity contribution is -0.384. The van der Waals surface area contributed by atoms with Gasteiger partial charge in [-0.1, -0.05) is 18.9 Å². The molecule has 0 bridgehead atoms. The first kappa shape index (κ1) is 16.5. The molecule has 0 spiro atoms. The molecule has 0 N–H and O–H groups in total. The van der Waals surface area contributed by atoms with Crippen LogP contribution in [0.5, 0.6) is 0 Å². The van der Waals surface area contributed by atoms with Gasteiger partial charge >= 0.3 is 0 Å². The van der Waals surface area contributed by atoms with Crippen LogP contribution in [-0.2, 0) is 11.2 Å². The number of nitro groups is 1. The van der Waals surface area contributed by atoms with E-state index in [1.807, 2.05) is 0 Å². The molecule has 4 rings (SSSR count). The van der Waals surface area contributed by atoms with Crippen LogP contribution >= 0.6 is 0 Å². The summed E-state index contributed by atoms with van der Waals surface area (Å²) < 4.78 is 0. The van der Waals surface area contributed by atoms with Gasteiger partial charge in [0.1, 0.15) is 0 Å². The van der Waals surface area contributed by atoms with Crippen molar-refractivity contribution in [1.29, 1.82) is 0 Å². The third-order valence-electron chi connectivity index (χ3n) is 6.17. The summed E-state index contributed by atoms with van der Waals surface area (Å²) in [6.07, 6.45) is 8.36. The van der Waals surface area contributed by atoms with Crippen molar-refractivity contribution in [2.75, 3.05) is 24.5 Å². The molecular weight excluding hydrogens is 318 g/mol. The van der Waals surface area contributed by atoms with Crippen LogP contribution in [0.4, 0.5) is 11.4 Å². The van der Waals surface area contributed by atoms with Crippen LogP contribution in [0.2, 0.25) is 0 Å². The fourth-order valence-electron chi connectivity index (χ4n) is 4.92. The smallest absolute Gasteiger partial charge is 0.271 e. The molecule has 134 valence electrons. The van der Waals surface area contributed by atoms with Crippen molar-refractivity contribution in [2.45, 2.75) is 51.0 Å². The summed E-state index contributed by atoms with van der Waals surface area (Å²) >= 11 is 0. The molecular formula is C19H25N3O3. The Hall–Kier alpha value is -1.95. The minimum atomic E-state index is -0.390. The number of nitrogens with zero attached hydrogens (tertiary/aromatic N) is 3. The molecule has 6 heteroatoms. The number of rotatable bonds is 3. The monoisotopic (exact) mass is 343 g/mol. The van der Waals surface area contributed by atoms with Gasteiger partial charge in [-0.2, -0.15) is 0 Å². The van der Waals surface area contributed by atoms with Crippen molar-refractivity contribution in [3.05, 3.63) is 33.9 Å². The summed E-state index contributed by atoms with van der Waals surface area (Å²) in [6.45, 7) is 2.09. The zero-order valence-electron chi connectivity index (χ0n) is 14.5. The number of fused-ring (bicyclic) bond motifs is 2. The third kappa shape index (κ3) is 3.15. The highest BCUT2D eigenvalue weighted by atomic mass is 16.6. The number of anilines is 1. The van der Waals surface area contributed by atoms with Crippen molar-refractivity contribution in [2.24, 2.45) is 5.92 Å². The van der Waals surface area contributed by atoms with Crippen LogP contribution in [0, 0.1) is 16.0 Å². The average Bonchev–Trinajstić information content (AvgIpc) is 3.05. The highest BCUT2D eigenvalue weighted by molar-refractivity contribution is 5.97. The number of amides is 1. The van der Waals surface area contributed by atoms with Crippen LogP contribution < -0.4 is 4.90 Å². The van der Waals surface area contributed by atoms with Crippen molar-refractivity contribution in [3.63, 3.8) is 0 Å². The SMILES string of the molecule is O=C(CN1CCC[C@@H]2CCCC[C@H]21)N1CCc2ccc([N+](=O)[O-])cc21. The summed E-state index contributed by atoms with van der Waals surface area (Å²) in [5, 5.41) is 11.0. The second kappa shape index (κ2) is 6.75. The number of hydrogen-bond acceptors (Lipinski definition) is 4. The Labute approximate surface area is 147 Å². The first-order valence-corrected chi connectivity index (χ1v) is 9.45. The largest absolute Gasteiger partial charge is 0.310 e. The molecule has 1 amide bonds. The molecule has 2 atom stereocenters. The van der Waals surface area contributed by atoms with Gasteiger partial charge < -0.3 is 4.90 Å². The number of nitro benzene ring substituents is 1. The summed E-state index contributed by atoms with van der Waals surface area (Å²) in [6, 6.07) is 5.43. The maximum absolute atomic E-state index is 12.9. The van der Waals surface area contributed by atoms with E-state index in [2.05, 4.69) is 4.90 Å². The normalized spacial score (nSPS) is 26.2. The lowest BCUT2D eigenvalue weighted by Gasteiger charge is -2.44. The summed E-state index contributed by atoms with van der Waals surface area (Å²) in [4.78, 5) is 27.7. The average molecular weight is 343 g/mol. The van der Waals surface area contributed by atoms with Gasteiger partial charge in [0.15, 0.2) is 0 Å². The predicted octanol–water partition coefficient (Wildman–Crippen LogP) is 3.14. The Bertz CT molecular complexity index is 688. The highest BCUT2D eigenvalue weighted by Crippen LogP contribution is 2.36. The van der Waals surface area contributed by atoms with E-state index in [4.69, 9.17) is 0 Å². The zero-order chi connectivity index (χ0) is 17.4. The van der Waals surface area contributed by atoms with E-state index in [0.717, 1.165) is 30.1 Å². The molecule has 25 heavy (non-hydrogen) atoms. The van der Waals surface area contributed by atoms with Gasteiger partial charge in [-0.05, 0) is 50.1 Å². The van der Waals surface area contributed by atoms with Crippen molar-refractivity contribution in [1.82, 2.24) is 4.90 Å². The van der Waals surface area contributed by atoms with E-state index < -0.39 is 4.92 Å². The van der Waals surface area contributed by atoms with E-state index in [9.17, 15) is 14.9 Å². The van der Waals surface area contributed by atoms with Gasteiger partial charge in [0, 0.05) is 24.7 Å². The van der Waals surface area contributed by atoms with Crippen LogP contribution in [-0.4, -0.2) is 41.4 Å². The Morgan fingerprint density at radius 3 is 2.80 bits per heavy atom. The second-order valence-corrected chi connectivity index (χ2v) is 7.59. The molecule has 3 aliphatic rings. The van der Waals surface area contributed by atoms with E-state index in [1.54, 1.807) is 17.0 Å². The number of carbonyl (C=O) groups is 1. The number of carbonyl (C=O) groups excluding carboxylic acids is 1. The summed E-state index contributed by atoms with van der Waals surface area (Å²) in [5.74, 6) is 0.840. The third-order valence-corrected chi connectivity index (χ3v) is 6.17. The van der Waals surface area contributed by atoms with Gasteiger partial charge in [-0.3, -0.25) is 19.8 Å². The molecule has 2 fully saturated rings. The Balaban J connectivity index is 1.49. The van der Waals surface area contributed by atoms with Gasteiger partial charge in [-0.15, -0.1) is 0 Å². The van der Waals surface area contributed by atoms with Crippen LogP contribution in [0.15, 0.2) is 18.2 Å². The standard InChI is InChI=1S/C19H25N3O3/c23-19(13-20-10-3-5-14-4-1-2-6-17(14)20)21-11-9-15-7-8-16(22(24)25)12-18(15)21/h7-8,12,14,17H,1-6,9-11,13H2/t14-,17+/m0/s1. The van der Waals surface area contributed by atoms with Crippen LogP contribution in [0.1, 0.15) is 44.1 Å². The molecule has 2 aliphatic heterocycles. The topological polar surface area (TPSA) is 66.7 Å². The lowest BCUT2D eigenvalue weighted by Crippen LogP contribution is -2.51. The van der Waals surface area contributed by atoms with Gasteiger partial charge in [0.25, 0.3) is 5.69 Å². The number of likely N-dealkylation sites (tertiary alicyclic amines) is 1. The molecule has 1 saturated carbocycles. The van der Waals surface area contributed by atoms with Gasteiger partial charge in [0.05, 0.1) is 17.2 Å². The van der Waals surface area contributed by atoms with Crippen LogP contribution in [0.25, 0.3) is 0 Å². The molecule has 1 aromatic rings. The van der Waals surface area contributed by atoms with Crippen molar-refractivity contribution >= 4 is 17.3 Å². The van der Waals surface area contributed by atoms with Crippen LogP contribution in [0.3, 0.4) is 0 Å². The van der Waals surface area contributed by atoms with E-state index in [0.29, 0.717) is 19.1 Å². The molecule has 0 aromatic heterocycles. The molecule has 0 unspecified atom stereocenters. The van der Waals surface area contributed by atoms with Crippen molar-refractivity contribution < 1.29 is 9.72 Å². The second-order valence-electron chi connectivity index (χ2n) is 7.59. The minimum Gasteiger partial charge on any atom is -0.310 e. The summed E-state index contributed by atoms with van der Waals surface area (Å²) in [7, 11) is 0. The fourth-order valence-corrected chi connectivity index (χ4v) is 4.92. The molecule has 2 heterocycles.